The number of hydrogen-bond donors (Lipinski definition) is 10. The van der Waals surface area contributed by atoms with Crippen LogP contribution in [0.4, 0.5) is 51.7 Å². The Morgan fingerprint density at radius 3 is 1.82 bits per heavy atom. The van der Waals surface area contributed by atoms with Crippen molar-refractivity contribution in [3.05, 3.63) is 108 Å². The maximum atomic E-state index is 12.4. The second-order valence-corrected chi connectivity index (χ2v) is 22.1. The van der Waals surface area contributed by atoms with Gasteiger partial charge in [-0.05, 0) is 108 Å². The molecule has 36 heteroatoms. The van der Waals surface area contributed by atoms with E-state index in [-0.39, 0.29) is 63.0 Å². The largest absolute Gasteiger partial charge is 0.362 e. The second-order valence-electron chi connectivity index (χ2n) is 14.2. The fourth-order valence-corrected chi connectivity index (χ4v) is 9.47. The summed E-state index contributed by atoms with van der Waals surface area (Å²) in [6.45, 7) is 4.65. The minimum absolute atomic E-state index is 0.0172. The Bertz CT molecular complexity index is 3940. The first-order valence-electron chi connectivity index (χ1n) is 19.2. The van der Waals surface area contributed by atoms with Gasteiger partial charge in [-0.3, -0.25) is 22.8 Å². The Labute approximate surface area is 422 Å². The summed E-state index contributed by atoms with van der Waals surface area (Å²) in [5, 5.41) is 22.6. The SMILES string of the molecule is C=C(N=C(N=C(C)Cl)Nc1ccc(S(=O)(=O)O)c(Nc2nc(Cl)nc(Nc3cccc(S(=O)(=O)O)c3)n2)c1)Nc1ccc(N=Nc2cc3c(S(=O)(=O)O)cc(S(=O)(=O)O)cc3cc2S(=O)(=O)O)c(NCN=O)c1. The predicted molar refractivity (Wildman–Crippen MR) is 265 cm³/mol. The fraction of sp³-hybridized carbons (Fsp3) is 0.0541. The number of halogens is 2. The molecule has 384 valence electrons. The molecule has 0 aliphatic heterocycles. The standard InChI is InChI=1S/C37H31Cl2N13O16S5/c1-18(38)42-35(46-23-7-9-31(71(60,61)62)29(14-23)47-37-49-34(39)48-36(50-37)45-21-4-3-5-24(12-21)69(54,55)56)44-19(2)43-22-6-8-27(28(13-22)40-17-41-53)51-52-30-16-26-20(11-33(30)73(66,67)68)10-25(70(57,58)59)15-32(26)72(63,64)65/h3-16,40,43H,2,17H2,1H3,(H,44,46)(H,54,55,56)(H,57,58,59)(H,60,61,62)(H,63,64,65)(H,66,67,68)(H2,45,47,48,49,50). The first kappa shape index (κ1) is 55.1. The maximum Gasteiger partial charge on any atom is 0.296 e. The fourth-order valence-electron chi connectivity index (χ4n) is 6.09. The number of aliphatic imine (C=N–C) groups is 2. The summed E-state index contributed by atoms with van der Waals surface area (Å²) in [4.78, 5) is 27.1. The lowest BCUT2D eigenvalue weighted by molar-refractivity contribution is 0.479. The molecule has 0 unspecified atom stereocenters. The minimum atomic E-state index is -5.25. The third-order valence-electron chi connectivity index (χ3n) is 8.96. The molecule has 0 aliphatic carbocycles. The number of hydrogen-bond acceptors (Lipinski definition) is 22. The van der Waals surface area contributed by atoms with Crippen LogP contribution in [0.5, 0.6) is 0 Å². The van der Waals surface area contributed by atoms with Crippen molar-refractivity contribution in [2.75, 3.05) is 33.3 Å². The molecule has 1 aromatic heterocycles. The number of fused-ring (bicyclic) bond motifs is 1. The third kappa shape index (κ3) is 14.7. The van der Waals surface area contributed by atoms with E-state index < -0.39 is 103 Å². The number of aromatic nitrogens is 3. The highest BCUT2D eigenvalue weighted by molar-refractivity contribution is 7.87. The smallest absolute Gasteiger partial charge is 0.296 e. The zero-order valence-electron chi connectivity index (χ0n) is 36.1. The minimum Gasteiger partial charge on any atom is -0.362 e. The van der Waals surface area contributed by atoms with E-state index >= 15 is 0 Å². The summed E-state index contributed by atoms with van der Waals surface area (Å²) in [6, 6.07) is 14.6. The van der Waals surface area contributed by atoms with Gasteiger partial charge in [-0.25, -0.2) is 4.99 Å². The van der Waals surface area contributed by atoms with Gasteiger partial charge in [-0.2, -0.15) is 62.0 Å². The molecule has 0 saturated heterocycles. The Morgan fingerprint density at radius 1 is 0.603 bits per heavy atom. The molecule has 0 bridgehead atoms. The molecule has 0 aliphatic rings. The van der Waals surface area contributed by atoms with Gasteiger partial charge in [0.05, 0.1) is 21.2 Å². The Morgan fingerprint density at radius 2 is 1.21 bits per heavy atom. The van der Waals surface area contributed by atoms with Crippen LogP contribution in [0.15, 0.2) is 147 Å². The molecular formula is C37H31Cl2N13O16S5. The molecule has 73 heavy (non-hydrogen) atoms. The van der Waals surface area contributed by atoms with E-state index in [1.807, 2.05) is 0 Å². The lowest BCUT2D eigenvalue weighted by atomic mass is 10.1. The van der Waals surface area contributed by atoms with E-state index in [9.17, 15) is 69.8 Å². The zero-order chi connectivity index (χ0) is 53.8. The van der Waals surface area contributed by atoms with Gasteiger partial charge in [0.25, 0.3) is 50.6 Å². The lowest BCUT2D eigenvalue weighted by Gasteiger charge is -2.14. The molecule has 29 nitrogen and oxygen atoms in total. The maximum absolute atomic E-state index is 12.4. The Balaban J connectivity index is 1.29. The zero-order valence-corrected chi connectivity index (χ0v) is 41.7. The summed E-state index contributed by atoms with van der Waals surface area (Å²) in [5.41, 5.74) is -0.918. The summed E-state index contributed by atoms with van der Waals surface area (Å²) < 4.78 is 170. The molecule has 1 heterocycles. The first-order chi connectivity index (χ1) is 33.9. The van der Waals surface area contributed by atoms with E-state index in [0.29, 0.717) is 18.2 Å². The molecule has 6 rings (SSSR count). The number of nitrogens with one attached hydrogen (secondary N) is 5. The van der Waals surface area contributed by atoms with Crippen LogP contribution in [0, 0.1) is 4.91 Å². The number of nitroso groups, excluding NO2 is 1. The first-order valence-corrected chi connectivity index (χ1v) is 27.1. The number of nitrogens with zero attached hydrogens (tertiary/aromatic N) is 8. The van der Waals surface area contributed by atoms with Crippen LogP contribution < -0.4 is 26.6 Å². The molecule has 0 saturated carbocycles. The van der Waals surface area contributed by atoms with Crippen LogP contribution in [0.1, 0.15) is 6.92 Å². The van der Waals surface area contributed by atoms with Gasteiger partial charge in [0.1, 0.15) is 43.7 Å². The number of anilines is 7. The average Bonchev–Trinajstić information content (AvgIpc) is 3.25. The highest BCUT2D eigenvalue weighted by Crippen LogP contribution is 2.38. The van der Waals surface area contributed by atoms with Crippen LogP contribution in [-0.2, 0) is 50.6 Å². The van der Waals surface area contributed by atoms with Gasteiger partial charge in [0, 0.05) is 22.4 Å². The van der Waals surface area contributed by atoms with Gasteiger partial charge in [-0.15, -0.1) is 15.1 Å². The summed E-state index contributed by atoms with van der Waals surface area (Å²) in [6.07, 6.45) is 0. The molecule has 5 aromatic carbocycles. The van der Waals surface area contributed by atoms with Crippen molar-refractivity contribution in [1.82, 2.24) is 15.0 Å². The number of rotatable bonds is 18. The Hall–Kier alpha value is -7.22. The number of azo groups is 1. The Kier molecular flexibility index (Phi) is 16.2. The topological polar surface area (TPSA) is 450 Å². The quantitative estimate of drug-likeness (QED) is 0.0137. The summed E-state index contributed by atoms with van der Waals surface area (Å²) in [5.74, 6) is -1.09. The molecule has 0 amide bonds. The van der Waals surface area contributed by atoms with E-state index in [2.05, 4.69) is 73.5 Å². The van der Waals surface area contributed by atoms with Crippen LogP contribution in [0.2, 0.25) is 5.28 Å². The normalized spacial score (nSPS) is 12.9. The third-order valence-corrected chi connectivity index (χ3v) is 13.6. The lowest BCUT2D eigenvalue weighted by Crippen LogP contribution is -2.13. The van der Waals surface area contributed by atoms with Crippen LogP contribution >= 0.6 is 23.2 Å². The molecule has 0 fully saturated rings. The second kappa shape index (κ2) is 21.5. The van der Waals surface area contributed by atoms with E-state index in [1.54, 1.807) is 0 Å². The van der Waals surface area contributed by atoms with Crippen LogP contribution in [0.25, 0.3) is 10.8 Å². The van der Waals surface area contributed by atoms with Gasteiger partial charge in [0.2, 0.25) is 23.1 Å². The van der Waals surface area contributed by atoms with Gasteiger partial charge in [-0.1, -0.05) is 24.2 Å². The van der Waals surface area contributed by atoms with Gasteiger partial charge >= 0.3 is 0 Å². The van der Waals surface area contributed by atoms with Crippen molar-refractivity contribution in [1.29, 1.82) is 0 Å². The van der Waals surface area contributed by atoms with Crippen molar-refractivity contribution >= 4 is 147 Å². The monoisotopic (exact) mass is 1140 g/mol. The van der Waals surface area contributed by atoms with Gasteiger partial charge < -0.3 is 26.6 Å². The molecule has 0 atom stereocenters. The van der Waals surface area contributed by atoms with E-state index in [4.69, 9.17) is 23.2 Å². The molecule has 0 spiro atoms. The predicted octanol–water partition coefficient (Wildman–Crippen LogP) is 6.96. The molecule has 10 N–H and O–H groups in total. The van der Waals surface area contributed by atoms with Crippen molar-refractivity contribution in [3.63, 3.8) is 0 Å². The molecular weight excluding hydrogens is 1110 g/mol. The van der Waals surface area contributed by atoms with Crippen molar-refractivity contribution in [2.24, 2.45) is 25.4 Å². The number of benzene rings is 5. The van der Waals surface area contributed by atoms with Gasteiger partial charge in [0.15, 0.2) is 0 Å². The summed E-state index contributed by atoms with van der Waals surface area (Å²) >= 11 is 12.2. The van der Waals surface area contributed by atoms with Crippen LogP contribution in [0.3, 0.4) is 0 Å². The molecule has 0 radical (unpaired) electrons. The van der Waals surface area contributed by atoms with Crippen molar-refractivity contribution < 1.29 is 64.9 Å². The van der Waals surface area contributed by atoms with E-state index in [1.165, 1.54) is 43.3 Å². The van der Waals surface area contributed by atoms with Crippen LogP contribution in [-0.4, -0.2) is 97.6 Å². The summed E-state index contributed by atoms with van der Waals surface area (Å²) in [7, 11) is -25.1. The van der Waals surface area contributed by atoms with Crippen molar-refractivity contribution in [3.8, 4) is 0 Å². The van der Waals surface area contributed by atoms with E-state index in [0.717, 1.165) is 30.3 Å². The highest BCUT2D eigenvalue weighted by Gasteiger charge is 2.25. The highest BCUT2D eigenvalue weighted by atomic mass is 35.5. The molecule has 6 aromatic rings. The van der Waals surface area contributed by atoms with Crippen molar-refractivity contribution in [2.45, 2.75) is 31.4 Å². The number of guanidine groups is 1. The average molecular weight is 1140 g/mol.